The monoisotopic (exact) mass is 332 g/mol. The second kappa shape index (κ2) is 4.06. The van der Waals surface area contributed by atoms with Crippen molar-refractivity contribution in [3.63, 3.8) is 0 Å². The minimum Gasteiger partial charge on any atom is -0.458 e. The summed E-state index contributed by atoms with van der Waals surface area (Å²) in [6.07, 6.45) is 6.85. The predicted molar refractivity (Wildman–Crippen MR) is 83.7 cm³/mol. The van der Waals surface area contributed by atoms with Crippen molar-refractivity contribution in [2.45, 2.75) is 68.7 Å². The fourth-order valence-electron chi connectivity index (χ4n) is 6.31. The molecule has 6 aliphatic carbocycles. The first-order chi connectivity index (χ1) is 11.3. The van der Waals surface area contributed by atoms with Crippen molar-refractivity contribution >= 4 is 11.9 Å². The van der Waals surface area contributed by atoms with Gasteiger partial charge in [-0.05, 0) is 43.9 Å². The largest absolute Gasteiger partial charge is 0.458 e. The molecule has 6 saturated carbocycles. The van der Waals surface area contributed by atoms with E-state index in [2.05, 4.69) is 6.58 Å². The Bertz CT molecular complexity index is 645. The summed E-state index contributed by atoms with van der Waals surface area (Å²) in [5, 5.41) is 11.0. The fraction of sp³-hybridized carbons (Fsp3) is 0.789. The highest BCUT2D eigenvalue weighted by atomic mass is 16.6. The molecule has 0 radical (unpaired) electrons. The zero-order chi connectivity index (χ0) is 17.0. The van der Waals surface area contributed by atoms with Gasteiger partial charge in [0.05, 0.1) is 5.60 Å². The van der Waals surface area contributed by atoms with Crippen molar-refractivity contribution in [1.29, 1.82) is 0 Å². The van der Waals surface area contributed by atoms with Gasteiger partial charge in [0.15, 0.2) is 0 Å². The van der Waals surface area contributed by atoms with E-state index < -0.39 is 28.2 Å². The molecular formula is C19H24O5. The van der Waals surface area contributed by atoms with Gasteiger partial charge in [0.2, 0.25) is 0 Å². The lowest BCUT2D eigenvalue weighted by Crippen LogP contribution is -2.66. The molecule has 0 aromatic rings. The third-order valence-electron chi connectivity index (χ3n) is 7.76. The molecule has 130 valence electrons. The molecule has 5 heteroatoms. The summed E-state index contributed by atoms with van der Waals surface area (Å²) >= 11 is 0. The van der Waals surface area contributed by atoms with Gasteiger partial charge in [-0.15, -0.1) is 0 Å². The molecule has 0 aliphatic heterocycles. The van der Waals surface area contributed by atoms with E-state index in [1.54, 1.807) is 0 Å². The van der Waals surface area contributed by atoms with Crippen LogP contribution in [-0.2, 0) is 19.1 Å². The molecule has 0 amide bonds. The summed E-state index contributed by atoms with van der Waals surface area (Å²) < 4.78 is 11.5. The molecule has 1 N–H and O–H groups in total. The van der Waals surface area contributed by atoms with Crippen LogP contribution < -0.4 is 0 Å². The minimum absolute atomic E-state index is 0.0271. The van der Waals surface area contributed by atoms with Crippen LogP contribution in [0.15, 0.2) is 12.7 Å². The molecule has 0 spiro atoms. The van der Waals surface area contributed by atoms with Gasteiger partial charge in [-0.1, -0.05) is 13.5 Å². The standard InChI is InChI=1S/C19H24O5/c1-3-14(20)23-19-9-16(19,10-19)15(21)24-18-7-12-4-13(8-18)6-17(22,5-12)11(18)2/h3,11-13,22H,1,4-10H2,2H3. The zero-order valence-electron chi connectivity index (χ0n) is 14.0. The minimum atomic E-state index is -0.679. The van der Waals surface area contributed by atoms with Crippen LogP contribution >= 0.6 is 0 Å². The Balaban J connectivity index is 1.35. The van der Waals surface area contributed by atoms with Crippen molar-refractivity contribution in [3.05, 3.63) is 12.7 Å². The highest BCUT2D eigenvalue weighted by molar-refractivity contribution is 5.92. The first-order valence-electron chi connectivity index (χ1n) is 9.08. The maximum atomic E-state index is 12.9. The van der Waals surface area contributed by atoms with E-state index >= 15 is 0 Å². The highest BCUT2D eigenvalue weighted by Crippen LogP contribution is 2.81. The van der Waals surface area contributed by atoms with Crippen LogP contribution in [0.25, 0.3) is 0 Å². The molecule has 6 fully saturated rings. The number of ether oxygens (including phenoxy) is 2. The topological polar surface area (TPSA) is 72.8 Å². The molecule has 5 nitrogen and oxygen atoms in total. The first-order valence-corrected chi connectivity index (χ1v) is 9.08. The van der Waals surface area contributed by atoms with E-state index in [0.717, 1.165) is 38.2 Å². The van der Waals surface area contributed by atoms with Gasteiger partial charge in [-0.2, -0.15) is 0 Å². The van der Waals surface area contributed by atoms with E-state index in [0.29, 0.717) is 24.7 Å². The second-order valence-corrected chi connectivity index (χ2v) is 9.12. The van der Waals surface area contributed by atoms with E-state index in [9.17, 15) is 14.7 Å². The van der Waals surface area contributed by atoms with Crippen LogP contribution in [0.4, 0.5) is 0 Å². The molecule has 3 unspecified atom stereocenters. The Hall–Kier alpha value is -1.36. The molecule has 3 atom stereocenters. The van der Waals surface area contributed by atoms with Gasteiger partial charge >= 0.3 is 11.9 Å². The summed E-state index contributed by atoms with van der Waals surface area (Å²) in [4.78, 5) is 24.3. The zero-order valence-corrected chi connectivity index (χ0v) is 14.0. The normalized spacial score (nSPS) is 55.5. The number of rotatable bonds is 4. The van der Waals surface area contributed by atoms with Crippen LogP contribution in [0.1, 0.15) is 51.9 Å². The van der Waals surface area contributed by atoms with Crippen molar-refractivity contribution in [1.82, 2.24) is 0 Å². The van der Waals surface area contributed by atoms with Crippen LogP contribution in [0.5, 0.6) is 0 Å². The second-order valence-electron chi connectivity index (χ2n) is 9.12. The molecule has 6 rings (SSSR count). The average Bonchev–Trinajstić information content (AvgIpc) is 3.30. The number of carbonyl (C=O) groups excluding carboxylic acids is 2. The predicted octanol–water partition coefficient (Wildman–Crippen LogP) is 2.12. The number of aliphatic hydroxyl groups is 1. The lowest BCUT2D eigenvalue weighted by atomic mass is 9.48. The number of fused-ring (bicyclic) bond motifs is 1. The Morgan fingerprint density at radius 3 is 2.33 bits per heavy atom. The lowest BCUT2D eigenvalue weighted by molar-refractivity contribution is -0.253. The van der Waals surface area contributed by atoms with Crippen molar-refractivity contribution in [3.8, 4) is 0 Å². The van der Waals surface area contributed by atoms with Gasteiger partial charge in [-0.3, -0.25) is 4.79 Å². The average molecular weight is 332 g/mol. The lowest BCUT2D eigenvalue weighted by Gasteiger charge is -2.63. The number of carbonyl (C=O) groups is 2. The van der Waals surface area contributed by atoms with E-state index in [1.807, 2.05) is 6.92 Å². The Kier molecular flexibility index (Phi) is 2.53. The summed E-state index contributed by atoms with van der Waals surface area (Å²) in [5.74, 6) is 0.203. The highest BCUT2D eigenvalue weighted by Gasteiger charge is 2.92. The van der Waals surface area contributed by atoms with Crippen LogP contribution in [0.3, 0.4) is 0 Å². The summed E-state index contributed by atoms with van der Waals surface area (Å²) in [5.41, 5.74) is -2.44. The van der Waals surface area contributed by atoms with Crippen LogP contribution in [0.2, 0.25) is 0 Å². The molecule has 0 aromatic heterocycles. The SMILES string of the molecule is C=CC(=O)OC12CC1(C(=O)OC13CC4CC(CC(O)(C4)C1C)C3)C2. The number of esters is 2. The smallest absolute Gasteiger partial charge is 0.330 e. The molecule has 0 saturated heterocycles. The van der Waals surface area contributed by atoms with Gasteiger partial charge in [-0.25, -0.2) is 4.79 Å². The van der Waals surface area contributed by atoms with Crippen LogP contribution in [-0.4, -0.2) is 33.8 Å². The van der Waals surface area contributed by atoms with Gasteiger partial charge in [0.25, 0.3) is 0 Å². The number of hydrogen-bond acceptors (Lipinski definition) is 5. The van der Waals surface area contributed by atoms with E-state index in [-0.39, 0.29) is 11.9 Å². The van der Waals surface area contributed by atoms with Crippen molar-refractivity contribution in [2.24, 2.45) is 23.2 Å². The maximum Gasteiger partial charge on any atom is 0.330 e. The van der Waals surface area contributed by atoms with Gasteiger partial charge in [0.1, 0.15) is 16.6 Å². The Morgan fingerprint density at radius 2 is 1.75 bits per heavy atom. The van der Waals surface area contributed by atoms with Crippen molar-refractivity contribution < 1.29 is 24.2 Å². The molecular weight excluding hydrogens is 308 g/mol. The summed E-state index contributed by atoms with van der Waals surface area (Å²) in [6, 6.07) is 0. The van der Waals surface area contributed by atoms with Crippen LogP contribution in [0, 0.1) is 23.2 Å². The summed E-state index contributed by atoms with van der Waals surface area (Å²) in [7, 11) is 0. The van der Waals surface area contributed by atoms with Crippen molar-refractivity contribution in [2.75, 3.05) is 0 Å². The van der Waals surface area contributed by atoms with Gasteiger partial charge < -0.3 is 14.6 Å². The molecule has 24 heavy (non-hydrogen) atoms. The Labute approximate surface area is 141 Å². The quantitative estimate of drug-likeness (QED) is 0.631. The third-order valence-corrected chi connectivity index (χ3v) is 7.76. The fourth-order valence-corrected chi connectivity index (χ4v) is 6.31. The van der Waals surface area contributed by atoms with Gasteiger partial charge in [0, 0.05) is 24.8 Å². The van der Waals surface area contributed by atoms with E-state index in [1.165, 1.54) is 0 Å². The molecule has 6 aliphatic rings. The third kappa shape index (κ3) is 1.64. The molecule has 0 aromatic carbocycles. The van der Waals surface area contributed by atoms with E-state index in [4.69, 9.17) is 9.47 Å². The molecule has 0 heterocycles. The summed E-state index contributed by atoms with van der Waals surface area (Å²) in [6.45, 7) is 5.44. The maximum absolute atomic E-state index is 12.9. The molecule has 4 bridgehead atoms. The number of hydrogen-bond donors (Lipinski definition) is 1. The first kappa shape index (κ1) is 14.9. The Morgan fingerprint density at radius 1 is 1.12 bits per heavy atom.